The lowest BCUT2D eigenvalue weighted by Crippen LogP contribution is -2.34. The fraction of sp³-hybridized carbons (Fsp3) is 0.923. The molecule has 0 saturated heterocycles. The van der Waals surface area contributed by atoms with E-state index < -0.39 is 0 Å². The highest BCUT2D eigenvalue weighted by Crippen LogP contribution is 2.46. The van der Waals surface area contributed by atoms with Crippen molar-refractivity contribution in [2.24, 2.45) is 17.3 Å². The summed E-state index contributed by atoms with van der Waals surface area (Å²) >= 11 is 0. The van der Waals surface area contributed by atoms with Crippen LogP contribution >= 0.6 is 0 Å². The molecule has 4 atom stereocenters. The number of aliphatic hydroxyl groups excluding tert-OH is 1. The summed E-state index contributed by atoms with van der Waals surface area (Å²) in [5.41, 5.74) is -0.375. The zero-order chi connectivity index (χ0) is 11.9. The van der Waals surface area contributed by atoms with Crippen LogP contribution in [0, 0.1) is 17.3 Å². The lowest BCUT2D eigenvalue weighted by Gasteiger charge is -2.29. The minimum atomic E-state index is -0.375. The summed E-state index contributed by atoms with van der Waals surface area (Å²) in [5.74, 6) is 0.686. The predicted octanol–water partition coefficient (Wildman–Crippen LogP) is 2.13. The first-order valence-electron chi connectivity index (χ1n) is 6.33. The Morgan fingerprint density at radius 2 is 2.00 bits per heavy atom. The van der Waals surface area contributed by atoms with Crippen LogP contribution in [0.1, 0.15) is 46.5 Å². The number of carbonyl (C=O) groups is 1. The fourth-order valence-corrected chi connectivity index (χ4v) is 2.78. The first-order valence-corrected chi connectivity index (χ1v) is 6.33. The van der Waals surface area contributed by atoms with E-state index >= 15 is 0 Å². The second-order valence-corrected chi connectivity index (χ2v) is 5.98. The Balaban J connectivity index is 1.91. The van der Waals surface area contributed by atoms with Crippen molar-refractivity contribution in [3.63, 3.8) is 0 Å². The topological polar surface area (TPSA) is 46.5 Å². The third kappa shape index (κ3) is 1.97. The molecule has 0 amide bonds. The molecule has 92 valence electrons. The zero-order valence-corrected chi connectivity index (χ0v) is 10.4. The van der Waals surface area contributed by atoms with Gasteiger partial charge in [-0.1, -0.05) is 6.92 Å². The molecule has 0 aromatic rings. The summed E-state index contributed by atoms with van der Waals surface area (Å²) in [4.78, 5) is 11.9. The zero-order valence-electron chi connectivity index (χ0n) is 10.4. The maximum absolute atomic E-state index is 11.9. The number of hydrogen-bond donors (Lipinski definition) is 1. The molecule has 2 saturated carbocycles. The number of fused-ring (bicyclic) bond motifs is 2. The first kappa shape index (κ1) is 11.9. The molecule has 0 spiro atoms. The second kappa shape index (κ2) is 4.02. The molecule has 3 nitrogen and oxygen atoms in total. The van der Waals surface area contributed by atoms with Gasteiger partial charge in [-0.15, -0.1) is 0 Å². The van der Waals surface area contributed by atoms with Crippen LogP contribution in [0.3, 0.4) is 0 Å². The van der Waals surface area contributed by atoms with Crippen molar-refractivity contribution in [1.29, 1.82) is 0 Å². The van der Waals surface area contributed by atoms with E-state index in [1.807, 2.05) is 20.8 Å². The third-order valence-electron chi connectivity index (χ3n) is 4.45. The van der Waals surface area contributed by atoms with Crippen LogP contribution in [-0.2, 0) is 9.53 Å². The van der Waals surface area contributed by atoms with Crippen molar-refractivity contribution in [2.75, 3.05) is 0 Å². The molecule has 2 rings (SSSR count). The number of aliphatic hydroxyl groups is 1. The quantitative estimate of drug-likeness (QED) is 0.750. The van der Waals surface area contributed by atoms with Gasteiger partial charge >= 0.3 is 5.97 Å². The smallest absolute Gasteiger partial charge is 0.311 e. The van der Waals surface area contributed by atoms with Gasteiger partial charge in [0.1, 0.15) is 6.10 Å². The highest BCUT2D eigenvalue weighted by atomic mass is 16.5. The molecule has 3 heteroatoms. The van der Waals surface area contributed by atoms with Gasteiger partial charge in [0.15, 0.2) is 0 Å². The highest BCUT2D eigenvalue weighted by Gasteiger charge is 2.47. The van der Waals surface area contributed by atoms with Gasteiger partial charge in [0.25, 0.3) is 0 Å². The Bertz CT molecular complexity index is 283. The summed E-state index contributed by atoms with van der Waals surface area (Å²) in [7, 11) is 0. The fourth-order valence-electron chi connectivity index (χ4n) is 2.78. The van der Waals surface area contributed by atoms with Gasteiger partial charge in [-0.2, -0.15) is 0 Å². The Hall–Kier alpha value is -0.570. The molecule has 2 aliphatic rings. The maximum atomic E-state index is 11.9. The Morgan fingerprint density at radius 3 is 2.44 bits per heavy atom. The standard InChI is InChI=1S/C13H22O3/c1-4-13(2,3)12(15)16-11-7-8-5-9(11)6-10(8)14/h8-11,14H,4-7H2,1-3H3. The van der Waals surface area contributed by atoms with Crippen LogP contribution < -0.4 is 0 Å². The molecule has 2 bridgehead atoms. The van der Waals surface area contributed by atoms with Crippen LogP contribution in [0.4, 0.5) is 0 Å². The van der Waals surface area contributed by atoms with Crippen LogP contribution in [0.25, 0.3) is 0 Å². The molecule has 0 aromatic heterocycles. The summed E-state index contributed by atoms with van der Waals surface area (Å²) in [6.45, 7) is 5.86. The molecule has 0 radical (unpaired) electrons. The minimum absolute atomic E-state index is 0.0618. The van der Waals surface area contributed by atoms with E-state index in [1.54, 1.807) is 0 Å². The average molecular weight is 226 g/mol. The summed E-state index contributed by atoms with van der Waals surface area (Å²) < 4.78 is 5.60. The second-order valence-electron chi connectivity index (χ2n) is 5.98. The predicted molar refractivity (Wildman–Crippen MR) is 60.8 cm³/mol. The van der Waals surface area contributed by atoms with Crippen LogP contribution in [0.5, 0.6) is 0 Å². The molecule has 0 heterocycles. The summed E-state index contributed by atoms with van der Waals surface area (Å²) in [5, 5.41) is 9.64. The molecule has 4 unspecified atom stereocenters. The van der Waals surface area contributed by atoms with Crippen LogP contribution in [0.15, 0.2) is 0 Å². The molecule has 2 aliphatic carbocycles. The van der Waals surface area contributed by atoms with Gasteiger partial charge in [-0.05, 0) is 51.4 Å². The van der Waals surface area contributed by atoms with Gasteiger partial charge in [0, 0.05) is 0 Å². The van der Waals surface area contributed by atoms with Crippen molar-refractivity contribution >= 4 is 5.97 Å². The number of hydrogen-bond acceptors (Lipinski definition) is 3. The van der Waals surface area contributed by atoms with Crippen molar-refractivity contribution in [3.8, 4) is 0 Å². The lowest BCUT2D eigenvalue weighted by atomic mass is 9.90. The molecule has 16 heavy (non-hydrogen) atoms. The van der Waals surface area contributed by atoms with Crippen LogP contribution in [0.2, 0.25) is 0 Å². The first-order chi connectivity index (χ1) is 7.44. The molecule has 1 N–H and O–H groups in total. The van der Waals surface area contributed by atoms with Gasteiger partial charge in [0.2, 0.25) is 0 Å². The Labute approximate surface area is 97.2 Å². The molecular weight excluding hydrogens is 204 g/mol. The van der Waals surface area contributed by atoms with Crippen molar-refractivity contribution in [3.05, 3.63) is 0 Å². The van der Waals surface area contributed by atoms with Crippen LogP contribution in [-0.4, -0.2) is 23.3 Å². The number of ether oxygens (including phenoxy) is 1. The summed E-state index contributed by atoms with van der Waals surface area (Å²) in [6, 6.07) is 0. The van der Waals surface area contributed by atoms with E-state index in [-0.39, 0.29) is 23.6 Å². The van der Waals surface area contributed by atoms with E-state index in [0.717, 1.165) is 25.7 Å². The molecule has 0 aromatic carbocycles. The molecular formula is C13H22O3. The SMILES string of the molecule is CCC(C)(C)C(=O)OC1CC2CC1CC2O. The highest BCUT2D eigenvalue weighted by molar-refractivity contribution is 5.76. The number of carbonyl (C=O) groups excluding carboxylic acids is 1. The molecule has 0 aliphatic heterocycles. The maximum Gasteiger partial charge on any atom is 0.311 e. The van der Waals surface area contributed by atoms with E-state index in [4.69, 9.17) is 4.74 Å². The van der Waals surface area contributed by atoms with E-state index in [0.29, 0.717) is 11.8 Å². The average Bonchev–Trinajstić information content (AvgIpc) is 2.76. The van der Waals surface area contributed by atoms with Crippen molar-refractivity contribution in [2.45, 2.75) is 58.7 Å². The Kier molecular flexibility index (Phi) is 2.99. The van der Waals surface area contributed by atoms with Gasteiger partial charge in [-0.3, -0.25) is 4.79 Å². The normalized spacial score (nSPS) is 37.8. The number of esters is 1. The number of rotatable bonds is 3. The van der Waals surface area contributed by atoms with Gasteiger partial charge < -0.3 is 9.84 Å². The van der Waals surface area contributed by atoms with Gasteiger partial charge in [-0.25, -0.2) is 0 Å². The van der Waals surface area contributed by atoms with Gasteiger partial charge in [0.05, 0.1) is 11.5 Å². The largest absolute Gasteiger partial charge is 0.462 e. The molecule has 2 fully saturated rings. The van der Waals surface area contributed by atoms with Crippen molar-refractivity contribution < 1.29 is 14.6 Å². The van der Waals surface area contributed by atoms with E-state index in [9.17, 15) is 9.90 Å². The Morgan fingerprint density at radius 1 is 1.31 bits per heavy atom. The van der Waals surface area contributed by atoms with E-state index in [2.05, 4.69) is 0 Å². The lowest BCUT2D eigenvalue weighted by molar-refractivity contribution is -0.163. The summed E-state index contributed by atoms with van der Waals surface area (Å²) in [6.07, 6.45) is 3.42. The van der Waals surface area contributed by atoms with E-state index in [1.165, 1.54) is 0 Å². The third-order valence-corrected chi connectivity index (χ3v) is 4.45. The minimum Gasteiger partial charge on any atom is -0.462 e. The monoisotopic (exact) mass is 226 g/mol. The van der Waals surface area contributed by atoms with Crippen molar-refractivity contribution in [1.82, 2.24) is 0 Å².